The molecule has 0 aliphatic rings. The number of rotatable bonds is 5. The normalized spacial score (nSPS) is 11.2. The Bertz CT molecular complexity index is 1020. The van der Waals surface area contributed by atoms with Gasteiger partial charge in [0.1, 0.15) is 10.6 Å². The van der Waals surface area contributed by atoms with E-state index in [4.69, 9.17) is 9.26 Å². The molecule has 0 bridgehead atoms. The highest BCUT2D eigenvalue weighted by Crippen LogP contribution is 2.26. The summed E-state index contributed by atoms with van der Waals surface area (Å²) < 4.78 is 10.5. The lowest BCUT2D eigenvalue weighted by molar-refractivity contribution is -0.115. The number of thiazole rings is 1. The van der Waals surface area contributed by atoms with Gasteiger partial charge in [-0.05, 0) is 51.8 Å². The van der Waals surface area contributed by atoms with E-state index in [1.54, 1.807) is 20.8 Å². The quantitative estimate of drug-likeness (QED) is 0.666. The van der Waals surface area contributed by atoms with E-state index in [1.807, 2.05) is 26.0 Å². The van der Waals surface area contributed by atoms with Crippen LogP contribution in [0.1, 0.15) is 46.0 Å². The summed E-state index contributed by atoms with van der Waals surface area (Å²) in [4.78, 5) is 29.1. The maximum atomic E-state index is 12.4. The number of hydrogen-bond acceptors (Lipinski definition) is 7. The molecule has 8 heteroatoms. The number of benzene rings is 1. The summed E-state index contributed by atoms with van der Waals surface area (Å²) >= 11 is 1.10. The van der Waals surface area contributed by atoms with E-state index < -0.39 is 5.97 Å². The van der Waals surface area contributed by atoms with Crippen LogP contribution in [0, 0.1) is 20.8 Å². The predicted molar refractivity (Wildman–Crippen MR) is 103 cm³/mol. The number of carbonyl (C=O) groups excluding carboxylic acids is 2. The Morgan fingerprint density at radius 3 is 2.70 bits per heavy atom. The highest BCUT2D eigenvalue weighted by molar-refractivity contribution is 7.17. The number of amides is 1. The van der Waals surface area contributed by atoms with E-state index in [2.05, 4.69) is 15.5 Å². The van der Waals surface area contributed by atoms with Crippen molar-refractivity contribution in [1.29, 1.82) is 0 Å². The third-order valence-corrected chi connectivity index (χ3v) is 4.94. The van der Waals surface area contributed by atoms with Gasteiger partial charge in [-0.25, -0.2) is 9.78 Å². The molecule has 7 nitrogen and oxygen atoms in total. The number of esters is 1. The fourth-order valence-electron chi connectivity index (χ4n) is 2.86. The minimum Gasteiger partial charge on any atom is -0.459 e. The van der Waals surface area contributed by atoms with Gasteiger partial charge in [-0.3, -0.25) is 4.79 Å². The highest BCUT2D eigenvalue weighted by atomic mass is 32.1. The lowest BCUT2D eigenvalue weighted by atomic mass is 10.0. The molecule has 0 saturated carbocycles. The second-order valence-electron chi connectivity index (χ2n) is 6.70. The van der Waals surface area contributed by atoms with Crippen molar-refractivity contribution in [2.75, 3.05) is 5.32 Å². The van der Waals surface area contributed by atoms with Crippen molar-refractivity contribution in [2.24, 2.45) is 0 Å². The second-order valence-corrected chi connectivity index (χ2v) is 7.70. The van der Waals surface area contributed by atoms with E-state index in [1.165, 1.54) is 0 Å². The molecule has 1 N–H and O–H groups in total. The van der Waals surface area contributed by atoms with E-state index >= 15 is 0 Å². The first kappa shape index (κ1) is 19.0. The van der Waals surface area contributed by atoms with Gasteiger partial charge in [0.2, 0.25) is 5.91 Å². The Kier molecular flexibility index (Phi) is 5.27. The zero-order valence-corrected chi connectivity index (χ0v) is 16.7. The number of ether oxygens (including phenoxy) is 1. The molecule has 0 spiro atoms. The van der Waals surface area contributed by atoms with Crippen LogP contribution >= 0.6 is 11.3 Å². The van der Waals surface area contributed by atoms with Crippen LogP contribution in [0.4, 0.5) is 5.13 Å². The molecular formula is C19H21N3O4S. The zero-order valence-electron chi connectivity index (χ0n) is 15.9. The Morgan fingerprint density at radius 2 is 2.00 bits per heavy atom. The molecular weight excluding hydrogens is 366 g/mol. The minimum absolute atomic E-state index is 0.0568. The van der Waals surface area contributed by atoms with E-state index in [0.717, 1.165) is 27.8 Å². The summed E-state index contributed by atoms with van der Waals surface area (Å²) in [5.74, 6) is -0.711. The molecule has 2 heterocycles. The average Bonchev–Trinajstić information content (AvgIpc) is 3.10. The van der Waals surface area contributed by atoms with Crippen molar-refractivity contribution in [3.63, 3.8) is 0 Å². The standard InChI is InChI=1S/C19H21N3O4S/c1-9(2)25-18(24)17-12(5)20-19(27-17)21-15(23)8-13-16-11(4)6-10(3)7-14(16)26-22-13/h6-7,9H,8H2,1-5H3,(H,20,21,23). The SMILES string of the molecule is Cc1cc(C)c2c(CC(=O)Nc3nc(C)c(C(=O)OC(C)C)s3)noc2c1. The van der Waals surface area contributed by atoms with Crippen molar-refractivity contribution >= 4 is 39.3 Å². The van der Waals surface area contributed by atoms with Gasteiger partial charge in [0.25, 0.3) is 0 Å². The van der Waals surface area contributed by atoms with Crippen molar-refractivity contribution in [2.45, 2.75) is 47.1 Å². The average molecular weight is 387 g/mol. The van der Waals surface area contributed by atoms with Gasteiger partial charge in [-0.15, -0.1) is 0 Å². The second kappa shape index (κ2) is 7.48. The van der Waals surface area contributed by atoms with Crippen molar-refractivity contribution in [1.82, 2.24) is 10.1 Å². The highest BCUT2D eigenvalue weighted by Gasteiger charge is 2.20. The van der Waals surface area contributed by atoms with Gasteiger partial charge >= 0.3 is 5.97 Å². The van der Waals surface area contributed by atoms with Gasteiger partial charge in [-0.2, -0.15) is 0 Å². The van der Waals surface area contributed by atoms with Gasteiger partial charge in [0, 0.05) is 5.39 Å². The first-order valence-corrected chi connectivity index (χ1v) is 9.40. The number of nitrogens with one attached hydrogen (secondary N) is 1. The molecule has 1 aromatic carbocycles. The van der Waals surface area contributed by atoms with Gasteiger partial charge in [-0.1, -0.05) is 22.6 Å². The number of fused-ring (bicyclic) bond motifs is 1. The monoisotopic (exact) mass is 387 g/mol. The molecule has 142 valence electrons. The molecule has 0 saturated heterocycles. The molecule has 0 fully saturated rings. The van der Waals surface area contributed by atoms with Crippen LogP contribution < -0.4 is 5.32 Å². The molecule has 3 rings (SSSR count). The number of hydrogen-bond donors (Lipinski definition) is 1. The summed E-state index contributed by atoms with van der Waals surface area (Å²) in [7, 11) is 0. The number of nitrogens with zero attached hydrogens (tertiary/aromatic N) is 2. The summed E-state index contributed by atoms with van der Waals surface area (Å²) in [6.45, 7) is 9.21. The van der Waals surface area contributed by atoms with Crippen LogP contribution in [0.15, 0.2) is 16.7 Å². The molecule has 0 atom stereocenters. The van der Waals surface area contributed by atoms with Crippen molar-refractivity contribution < 1.29 is 18.8 Å². The largest absolute Gasteiger partial charge is 0.459 e. The van der Waals surface area contributed by atoms with E-state index in [9.17, 15) is 9.59 Å². The van der Waals surface area contributed by atoms with Gasteiger partial charge in [0.15, 0.2) is 10.7 Å². The van der Waals surface area contributed by atoms with Gasteiger partial charge in [0.05, 0.1) is 18.2 Å². The van der Waals surface area contributed by atoms with Gasteiger partial charge < -0.3 is 14.6 Å². The van der Waals surface area contributed by atoms with E-state index in [-0.39, 0.29) is 18.4 Å². The van der Waals surface area contributed by atoms with Crippen LogP contribution in [0.25, 0.3) is 11.0 Å². The summed E-state index contributed by atoms with van der Waals surface area (Å²) in [6.07, 6.45) is -0.161. The molecule has 0 aliphatic carbocycles. The molecule has 27 heavy (non-hydrogen) atoms. The van der Waals surface area contributed by atoms with Crippen molar-refractivity contribution in [3.05, 3.63) is 39.5 Å². The predicted octanol–water partition coefficient (Wildman–Crippen LogP) is 3.96. The first-order chi connectivity index (χ1) is 12.7. The van der Waals surface area contributed by atoms with Crippen LogP contribution in [-0.4, -0.2) is 28.1 Å². The third-order valence-electron chi connectivity index (χ3n) is 3.89. The topological polar surface area (TPSA) is 94.3 Å². The Morgan fingerprint density at radius 1 is 1.26 bits per heavy atom. The van der Waals surface area contributed by atoms with Crippen molar-refractivity contribution in [3.8, 4) is 0 Å². The molecule has 3 aromatic rings. The summed E-state index contributed by atoms with van der Waals surface area (Å²) in [6, 6.07) is 3.92. The minimum atomic E-state index is -0.436. The first-order valence-electron chi connectivity index (χ1n) is 8.58. The molecule has 0 aliphatic heterocycles. The van der Waals surface area contributed by atoms with Crippen LogP contribution in [0.2, 0.25) is 0 Å². The fourth-order valence-corrected chi connectivity index (χ4v) is 3.73. The lowest BCUT2D eigenvalue weighted by Crippen LogP contribution is -2.14. The van der Waals surface area contributed by atoms with Crippen LogP contribution in [0.3, 0.4) is 0 Å². The zero-order chi connectivity index (χ0) is 19.7. The molecule has 2 aromatic heterocycles. The summed E-state index contributed by atoms with van der Waals surface area (Å²) in [5, 5.41) is 7.97. The lowest BCUT2D eigenvalue weighted by Gasteiger charge is -2.05. The molecule has 0 radical (unpaired) electrons. The Balaban J connectivity index is 1.75. The molecule has 1 amide bonds. The number of anilines is 1. The summed E-state index contributed by atoms with van der Waals surface area (Å²) in [5.41, 5.74) is 3.86. The Labute approximate surface area is 160 Å². The van der Waals surface area contributed by atoms with Crippen LogP contribution in [0.5, 0.6) is 0 Å². The third kappa shape index (κ3) is 4.16. The Hall–Kier alpha value is -2.74. The van der Waals surface area contributed by atoms with Crippen LogP contribution in [-0.2, 0) is 16.0 Å². The number of carbonyl (C=O) groups is 2. The fraction of sp³-hybridized carbons (Fsp3) is 0.368. The number of aryl methyl sites for hydroxylation is 3. The maximum absolute atomic E-state index is 12.4. The van der Waals surface area contributed by atoms with E-state index in [0.29, 0.717) is 27.0 Å². The molecule has 0 unspecified atom stereocenters. The maximum Gasteiger partial charge on any atom is 0.350 e. The number of aromatic nitrogens is 2. The smallest absolute Gasteiger partial charge is 0.350 e.